The van der Waals surface area contributed by atoms with Gasteiger partial charge in [-0.3, -0.25) is 0 Å². The van der Waals surface area contributed by atoms with E-state index in [1.165, 1.54) is 10.5 Å². The lowest BCUT2D eigenvalue weighted by molar-refractivity contribution is 0.475. The zero-order chi connectivity index (χ0) is 12.4. The van der Waals surface area contributed by atoms with E-state index in [1.54, 1.807) is 12.1 Å². The first-order valence-electron chi connectivity index (χ1n) is 6.10. The van der Waals surface area contributed by atoms with Gasteiger partial charge in [-0.1, -0.05) is 18.2 Å². The second-order valence-corrected chi connectivity index (χ2v) is 5.56. The number of nitrogens with one attached hydrogen (secondary N) is 1. The normalized spacial score (nSPS) is 18.1. The number of thioether (sulfide) groups is 1. The van der Waals surface area contributed by atoms with Crippen molar-refractivity contribution in [2.45, 2.75) is 17.4 Å². The van der Waals surface area contributed by atoms with Gasteiger partial charge in [0.25, 0.3) is 0 Å². The minimum Gasteiger partial charge on any atom is -0.508 e. The molecular formula is C15H15NOS. The number of hydrogen-bond donors (Lipinski definition) is 2. The molecule has 0 saturated carbocycles. The van der Waals surface area contributed by atoms with Crippen LogP contribution in [0.2, 0.25) is 0 Å². The predicted octanol–water partition coefficient (Wildman–Crippen LogP) is 4.04. The zero-order valence-electron chi connectivity index (χ0n) is 9.97. The molecule has 0 bridgehead atoms. The van der Waals surface area contributed by atoms with Crippen LogP contribution >= 0.6 is 11.8 Å². The average molecular weight is 257 g/mol. The van der Waals surface area contributed by atoms with Gasteiger partial charge in [0, 0.05) is 16.3 Å². The molecular weight excluding hydrogens is 242 g/mol. The lowest BCUT2D eigenvalue weighted by Gasteiger charge is -2.26. The van der Waals surface area contributed by atoms with E-state index in [-0.39, 0.29) is 0 Å². The smallest absolute Gasteiger partial charge is 0.115 e. The molecule has 0 radical (unpaired) electrons. The number of rotatable bonds is 2. The minimum atomic E-state index is 0.306. The van der Waals surface area contributed by atoms with Crippen molar-refractivity contribution in [3.8, 4) is 5.75 Å². The molecule has 1 aliphatic heterocycles. The van der Waals surface area contributed by atoms with Gasteiger partial charge in [0.15, 0.2) is 0 Å². The van der Waals surface area contributed by atoms with Gasteiger partial charge >= 0.3 is 0 Å². The summed E-state index contributed by atoms with van der Waals surface area (Å²) in [5, 5.41) is 12.8. The quantitative estimate of drug-likeness (QED) is 0.796. The average Bonchev–Trinajstić information content (AvgIpc) is 2.42. The maximum absolute atomic E-state index is 9.29. The highest BCUT2D eigenvalue weighted by atomic mass is 32.2. The third-order valence-electron chi connectivity index (χ3n) is 3.17. The molecule has 0 aromatic heterocycles. The van der Waals surface area contributed by atoms with Crippen LogP contribution in [0.4, 0.5) is 5.69 Å². The Morgan fingerprint density at radius 1 is 1.06 bits per heavy atom. The summed E-state index contributed by atoms with van der Waals surface area (Å²) in [6.45, 7) is 0. The van der Waals surface area contributed by atoms with Crippen LogP contribution in [0.1, 0.15) is 18.0 Å². The van der Waals surface area contributed by atoms with Crippen molar-refractivity contribution in [3.05, 3.63) is 54.1 Å². The van der Waals surface area contributed by atoms with Gasteiger partial charge < -0.3 is 10.4 Å². The second-order valence-electron chi connectivity index (χ2n) is 4.42. The molecule has 0 saturated heterocycles. The van der Waals surface area contributed by atoms with Crippen molar-refractivity contribution in [1.29, 1.82) is 0 Å². The summed E-state index contributed by atoms with van der Waals surface area (Å²) in [6, 6.07) is 16.2. The number of aromatic hydroxyl groups is 1. The Kier molecular flexibility index (Phi) is 3.15. The van der Waals surface area contributed by atoms with E-state index in [1.807, 2.05) is 23.9 Å². The van der Waals surface area contributed by atoms with E-state index in [9.17, 15) is 5.11 Å². The molecule has 2 aromatic carbocycles. The Hall–Kier alpha value is -1.61. The van der Waals surface area contributed by atoms with E-state index < -0.39 is 0 Å². The van der Waals surface area contributed by atoms with E-state index in [2.05, 4.69) is 29.6 Å². The molecule has 0 fully saturated rings. The topological polar surface area (TPSA) is 32.3 Å². The number of phenolic OH excluding ortho intramolecular Hbond substituents is 1. The molecule has 3 heteroatoms. The van der Waals surface area contributed by atoms with Crippen LogP contribution in [0.3, 0.4) is 0 Å². The monoisotopic (exact) mass is 257 g/mol. The van der Waals surface area contributed by atoms with Crippen molar-refractivity contribution in [3.63, 3.8) is 0 Å². The van der Waals surface area contributed by atoms with Gasteiger partial charge in [0.1, 0.15) is 5.75 Å². The van der Waals surface area contributed by atoms with E-state index in [4.69, 9.17) is 0 Å². The van der Waals surface area contributed by atoms with Crippen molar-refractivity contribution >= 4 is 17.4 Å². The van der Waals surface area contributed by atoms with Gasteiger partial charge in [-0.15, -0.1) is 11.8 Å². The van der Waals surface area contributed by atoms with Crippen LogP contribution in [0.15, 0.2) is 53.4 Å². The second kappa shape index (κ2) is 4.94. The van der Waals surface area contributed by atoms with Crippen LogP contribution in [0, 0.1) is 0 Å². The molecule has 2 nitrogen and oxygen atoms in total. The maximum Gasteiger partial charge on any atom is 0.115 e. The van der Waals surface area contributed by atoms with Crippen molar-refractivity contribution < 1.29 is 5.11 Å². The first kappa shape index (κ1) is 11.5. The molecule has 0 aliphatic carbocycles. The largest absolute Gasteiger partial charge is 0.508 e. The van der Waals surface area contributed by atoms with Gasteiger partial charge in [0.2, 0.25) is 0 Å². The SMILES string of the molecule is Oc1ccc(NC2CCSc3ccccc32)cc1. The number of phenols is 1. The Bertz CT molecular complexity index is 538. The van der Waals surface area contributed by atoms with Crippen molar-refractivity contribution in [2.24, 2.45) is 0 Å². The summed E-state index contributed by atoms with van der Waals surface area (Å²) in [5.41, 5.74) is 2.43. The van der Waals surface area contributed by atoms with Crippen LogP contribution < -0.4 is 5.32 Å². The van der Waals surface area contributed by atoms with Crippen LogP contribution in [-0.4, -0.2) is 10.9 Å². The summed E-state index contributed by atoms with van der Waals surface area (Å²) in [7, 11) is 0. The van der Waals surface area contributed by atoms with Gasteiger partial charge in [0.05, 0.1) is 6.04 Å². The Balaban J connectivity index is 1.84. The summed E-state index contributed by atoms with van der Waals surface area (Å²) in [4.78, 5) is 1.38. The summed E-state index contributed by atoms with van der Waals surface area (Å²) in [5.74, 6) is 1.45. The first-order valence-corrected chi connectivity index (χ1v) is 7.09. The van der Waals surface area contributed by atoms with E-state index in [0.717, 1.165) is 17.9 Å². The van der Waals surface area contributed by atoms with Crippen LogP contribution in [-0.2, 0) is 0 Å². The van der Waals surface area contributed by atoms with Gasteiger partial charge in [-0.05, 0) is 42.3 Å². The Morgan fingerprint density at radius 2 is 1.83 bits per heavy atom. The fourth-order valence-corrected chi connectivity index (χ4v) is 3.38. The lowest BCUT2D eigenvalue weighted by atomic mass is 10.0. The molecule has 0 amide bonds. The van der Waals surface area contributed by atoms with Crippen LogP contribution in [0.25, 0.3) is 0 Å². The number of fused-ring (bicyclic) bond motifs is 1. The Morgan fingerprint density at radius 3 is 2.67 bits per heavy atom. The van der Waals surface area contributed by atoms with Gasteiger partial charge in [-0.2, -0.15) is 0 Å². The number of anilines is 1. The van der Waals surface area contributed by atoms with E-state index in [0.29, 0.717) is 11.8 Å². The van der Waals surface area contributed by atoms with Crippen molar-refractivity contribution in [2.75, 3.05) is 11.1 Å². The predicted molar refractivity (Wildman–Crippen MR) is 76.3 cm³/mol. The zero-order valence-corrected chi connectivity index (χ0v) is 10.8. The highest BCUT2D eigenvalue weighted by molar-refractivity contribution is 7.99. The molecule has 1 unspecified atom stereocenters. The fourth-order valence-electron chi connectivity index (χ4n) is 2.25. The molecule has 2 N–H and O–H groups in total. The molecule has 1 heterocycles. The third-order valence-corrected chi connectivity index (χ3v) is 4.29. The van der Waals surface area contributed by atoms with Crippen molar-refractivity contribution in [1.82, 2.24) is 0 Å². The molecule has 92 valence electrons. The summed E-state index contributed by atoms with van der Waals surface area (Å²) < 4.78 is 0. The standard InChI is InChI=1S/C15H15NOS/c17-12-7-5-11(6-8-12)16-14-9-10-18-15-4-2-1-3-13(14)15/h1-8,14,16-17H,9-10H2. The van der Waals surface area contributed by atoms with Crippen LogP contribution in [0.5, 0.6) is 5.75 Å². The minimum absolute atomic E-state index is 0.306. The maximum atomic E-state index is 9.29. The first-order chi connectivity index (χ1) is 8.83. The Labute approximate surface area is 111 Å². The van der Waals surface area contributed by atoms with Gasteiger partial charge in [-0.25, -0.2) is 0 Å². The highest BCUT2D eigenvalue weighted by Crippen LogP contribution is 2.37. The molecule has 0 spiro atoms. The summed E-state index contributed by atoms with van der Waals surface area (Å²) >= 11 is 1.93. The third kappa shape index (κ3) is 2.31. The molecule has 1 atom stereocenters. The lowest BCUT2D eigenvalue weighted by Crippen LogP contribution is -2.15. The number of benzene rings is 2. The molecule has 3 rings (SSSR count). The molecule has 18 heavy (non-hydrogen) atoms. The molecule has 2 aromatic rings. The summed E-state index contributed by atoms with van der Waals surface area (Å²) in [6.07, 6.45) is 1.13. The fraction of sp³-hybridized carbons (Fsp3) is 0.200. The van der Waals surface area contributed by atoms with E-state index >= 15 is 0 Å². The highest BCUT2D eigenvalue weighted by Gasteiger charge is 2.19. The number of hydrogen-bond acceptors (Lipinski definition) is 3. The molecule has 1 aliphatic rings.